The first-order valence-electron chi connectivity index (χ1n) is 5.83. The third kappa shape index (κ3) is 3.68. The van der Waals surface area contributed by atoms with E-state index in [-0.39, 0.29) is 13.0 Å². The van der Waals surface area contributed by atoms with Gasteiger partial charge in [0.05, 0.1) is 5.92 Å². The normalized spacial score (nSPS) is 22.1. The number of aromatic nitrogens is 1. The van der Waals surface area contributed by atoms with Gasteiger partial charge < -0.3 is 0 Å². The lowest BCUT2D eigenvalue weighted by atomic mass is 9.97. The molecule has 0 N–H and O–H groups in total. The van der Waals surface area contributed by atoms with Crippen LogP contribution in [0.25, 0.3) is 0 Å². The molecule has 1 aliphatic rings. The predicted octanol–water partition coefficient (Wildman–Crippen LogP) is 3.62. The van der Waals surface area contributed by atoms with E-state index in [4.69, 9.17) is 0 Å². The van der Waals surface area contributed by atoms with E-state index in [9.17, 15) is 13.2 Å². The molecule has 2 heterocycles. The SMILES string of the molecule is FC(F)(F)C1CCCN(Cc2cncc(Br)c2)C1. The van der Waals surface area contributed by atoms with Crippen molar-refractivity contribution in [3.05, 3.63) is 28.5 Å². The molecule has 1 aromatic rings. The van der Waals surface area contributed by atoms with Crippen LogP contribution in [0.1, 0.15) is 18.4 Å². The summed E-state index contributed by atoms with van der Waals surface area (Å²) in [6, 6.07) is 1.89. The van der Waals surface area contributed by atoms with Crippen LogP contribution in [-0.2, 0) is 6.54 Å². The van der Waals surface area contributed by atoms with Crippen LogP contribution in [0, 0.1) is 5.92 Å². The number of halogens is 4. The minimum absolute atomic E-state index is 0.0933. The summed E-state index contributed by atoms with van der Waals surface area (Å²) >= 11 is 3.31. The van der Waals surface area contributed by atoms with E-state index in [1.165, 1.54) is 0 Å². The minimum Gasteiger partial charge on any atom is -0.298 e. The van der Waals surface area contributed by atoms with Crippen LogP contribution in [-0.4, -0.2) is 29.1 Å². The van der Waals surface area contributed by atoms with Crippen molar-refractivity contribution < 1.29 is 13.2 Å². The van der Waals surface area contributed by atoms with E-state index in [1.807, 2.05) is 11.0 Å². The fourth-order valence-corrected chi connectivity index (χ4v) is 2.68. The number of rotatable bonds is 2. The molecule has 0 aromatic carbocycles. The van der Waals surface area contributed by atoms with Gasteiger partial charge in [-0.15, -0.1) is 0 Å². The molecule has 1 aliphatic heterocycles. The second-order valence-electron chi connectivity index (χ2n) is 4.63. The maximum atomic E-state index is 12.7. The molecular weight excluding hydrogens is 309 g/mol. The molecule has 0 aliphatic carbocycles. The number of hydrogen-bond acceptors (Lipinski definition) is 2. The van der Waals surface area contributed by atoms with E-state index >= 15 is 0 Å². The van der Waals surface area contributed by atoms with Crippen molar-refractivity contribution >= 4 is 15.9 Å². The molecule has 0 amide bonds. The van der Waals surface area contributed by atoms with E-state index in [1.54, 1.807) is 12.4 Å². The molecule has 0 saturated carbocycles. The lowest BCUT2D eigenvalue weighted by Gasteiger charge is -2.33. The lowest BCUT2D eigenvalue weighted by Crippen LogP contribution is -2.41. The van der Waals surface area contributed by atoms with E-state index in [2.05, 4.69) is 20.9 Å². The first-order chi connectivity index (χ1) is 8.45. The molecule has 1 saturated heterocycles. The van der Waals surface area contributed by atoms with Gasteiger partial charge in [-0.25, -0.2) is 0 Å². The van der Waals surface area contributed by atoms with Gasteiger partial charge in [0, 0.05) is 30.0 Å². The Morgan fingerprint density at radius 3 is 2.83 bits per heavy atom. The van der Waals surface area contributed by atoms with Gasteiger partial charge in [-0.2, -0.15) is 13.2 Å². The molecule has 1 unspecified atom stereocenters. The molecule has 1 fully saturated rings. The van der Waals surface area contributed by atoms with Crippen LogP contribution in [0.2, 0.25) is 0 Å². The molecule has 0 radical (unpaired) electrons. The maximum absolute atomic E-state index is 12.7. The van der Waals surface area contributed by atoms with Crippen molar-refractivity contribution in [2.24, 2.45) is 5.92 Å². The molecule has 0 spiro atoms. The second-order valence-corrected chi connectivity index (χ2v) is 5.54. The molecule has 1 aromatic heterocycles. The lowest BCUT2D eigenvalue weighted by molar-refractivity contribution is -0.187. The standard InChI is InChI=1S/C12H14BrF3N2/c13-11-4-9(5-17-6-11)7-18-3-1-2-10(8-18)12(14,15)16/h4-6,10H,1-3,7-8H2. The summed E-state index contributed by atoms with van der Waals surface area (Å²) in [5.74, 6) is -1.19. The zero-order valence-corrected chi connectivity index (χ0v) is 11.3. The zero-order valence-electron chi connectivity index (χ0n) is 9.75. The van der Waals surface area contributed by atoms with Crippen molar-refractivity contribution in [1.82, 2.24) is 9.88 Å². The average molecular weight is 323 g/mol. The van der Waals surface area contributed by atoms with E-state index in [0.29, 0.717) is 13.0 Å². The summed E-state index contributed by atoms with van der Waals surface area (Å²) in [5, 5.41) is 0. The Balaban J connectivity index is 1.98. The summed E-state index contributed by atoms with van der Waals surface area (Å²) in [5.41, 5.74) is 0.937. The van der Waals surface area contributed by atoms with Gasteiger partial charge in [-0.3, -0.25) is 9.88 Å². The highest BCUT2D eigenvalue weighted by Crippen LogP contribution is 2.33. The quantitative estimate of drug-likeness (QED) is 0.826. The van der Waals surface area contributed by atoms with E-state index in [0.717, 1.165) is 16.6 Å². The van der Waals surface area contributed by atoms with Gasteiger partial charge in [-0.1, -0.05) is 0 Å². The number of pyridine rings is 1. The van der Waals surface area contributed by atoms with Crippen LogP contribution in [0.15, 0.2) is 22.9 Å². The maximum Gasteiger partial charge on any atom is 0.393 e. The summed E-state index contributed by atoms with van der Waals surface area (Å²) in [4.78, 5) is 5.87. The molecule has 1 atom stereocenters. The summed E-state index contributed by atoms with van der Waals surface area (Å²) < 4.78 is 38.9. The first-order valence-corrected chi connectivity index (χ1v) is 6.63. The largest absolute Gasteiger partial charge is 0.393 e. The molecule has 2 nitrogen and oxygen atoms in total. The molecule has 100 valence electrons. The van der Waals surface area contributed by atoms with Gasteiger partial charge in [-0.05, 0) is 46.9 Å². The Morgan fingerprint density at radius 1 is 1.39 bits per heavy atom. The molecule has 18 heavy (non-hydrogen) atoms. The van der Waals surface area contributed by atoms with Crippen molar-refractivity contribution in [2.75, 3.05) is 13.1 Å². The van der Waals surface area contributed by atoms with Gasteiger partial charge >= 0.3 is 6.18 Å². The van der Waals surface area contributed by atoms with Crippen LogP contribution in [0.5, 0.6) is 0 Å². The van der Waals surface area contributed by atoms with Gasteiger partial charge in [0.1, 0.15) is 0 Å². The summed E-state index contributed by atoms with van der Waals surface area (Å²) in [7, 11) is 0. The first kappa shape index (κ1) is 13.8. The molecule has 2 rings (SSSR count). The highest BCUT2D eigenvalue weighted by Gasteiger charge is 2.41. The molecular formula is C12H14BrF3N2. The molecule has 6 heteroatoms. The highest BCUT2D eigenvalue weighted by atomic mass is 79.9. The third-order valence-electron chi connectivity index (χ3n) is 3.14. The Morgan fingerprint density at radius 2 is 2.17 bits per heavy atom. The van der Waals surface area contributed by atoms with Crippen LogP contribution in [0.4, 0.5) is 13.2 Å². The van der Waals surface area contributed by atoms with Gasteiger partial charge in [0.15, 0.2) is 0 Å². The second kappa shape index (κ2) is 5.57. The van der Waals surface area contributed by atoms with Crippen molar-refractivity contribution in [3.8, 4) is 0 Å². The number of likely N-dealkylation sites (tertiary alicyclic amines) is 1. The Labute approximate surface area is 112 Å². The van der Waals surface area contributed by atoms with Crippen molar-refractivity contribution in [3.63, 3.8) is 0 Å². The van der Waals surface area contributed by atoms with Crippen LogP contribution in [0.3, 0.4) is 0 Å². The zero-order chi connectivity index (χ0) is 13.2. The molecule has 0 bridgehead atoms. The van der Waals surface area contributed by atoms with E-state index < -0.39 is 12.1 Å². The van der Waals surface area contributed by atoms with Crippen LogP contribution >= 0.6 is 15.9 Å². The predicted molar refractivity (Wildman–Crippen MR) is 66.0 cm³/mol. The third-order valence-corrected chi connectivity index (χ3v) is 3.57. The number of nitrogens with zero attached hydrogens (tertiary/aromatic N) is 2. The minimum atomic E-state index is -4.08. The smallest absolute Gasteiger partial charge is 0.298 e. The van der Waals surface area contributed by atoms with Crippen molar-refractivity contribution in [1.29, 1.82) is 0 Å². The monoisotopic (exact) mass is 322 g/mol. The van der Waals surface area contributed by atoms with Gasteiger partial charge in [0.2, 0.25) is 0 Å². The topological polar surface area (TPSA) is 16.1 Å². The Hall–Kier alpha value is -0.620. The summed E-state index contributed by atoms with van der Waals surface area (Å²) in [6.45, 7) is 1.34. The van der Waals surface area contributed by atoms with Crippen LogP contribution < -0.4 is 0 Å². The van der Waals surface area contributed by atoms with Gasteiger partial charge in [0.25, 0.3) is 0 Å². The Bertz CT molecular complexity index is 409. The van der Waals surface area contributed by atoms with Crippen molar-refractivity contribution in [2.45, 2.75) is 25.6 Å². The summed E-state index contributed by atoms with van der Waals surface area (Å²) in [6.07, 6.45) is 0.136. The highest BCUT2D eigenvalue weighted by molar-refractivity contribution is 9.10. The fraction of sp³-hybridized carbons (Fsp3) is 0.583. The average Bonchev–Trinajstić information content (AvgIpc) is 2.28. The number of piperidine rings is 1. The fourth-order valence-electron chi connectivity index (χ4n) is 2.27. The number of hydrogen-bond donors (Lipinski definition) is 0. The number of alkyl halides is 3. The Kier molecular flexibility index (Phi) is 4.27.